The fraction of sp³-hybridized carbons (Fsp3) is 0.267. The lowest BCUT2D eigenvalue weighted by molar-refractivity contribution is -0.137. The second-order valence-corrected chi connectivity index (χ2v) is 10.1. The van der Waals surface area contributed by atoms with Crippen molar-refractivity contribution in [2.75, 3.05) is 49.8 Å². The van der Waals surface area contributed by atoms with E-state index in [1.165, 1.54) is 18.3 Å². The number of hydrogen-bond donors (Lipinski definition) is 2. The molecule has 2 N–H and O–H groups in total. The number of alkyl halides is 3. The van der Waals surface area contributed by atoms with Crippen molar-refractivity contribution in [2.45, 2.75) is 18.6 Å². The largest absolute Gasteiger partial charge is 0.438 e. The van der Waals surface area contributed by atoms with Gasteiger partial charge in [-0.25, -0.2) is 19.3 Å². The Morgan fingerprint density at radius 2 is 1.91 bits per heavy atom. The molecule has 1 fully saturated rings. The first-order valence-electron chi connectivity index (χ1n) is 13.4. The smallest absolute Gasteiger partial charge is 0.416 e. The summed E-state index contributed by atoms with van der Waals surface area (Å²) in [5, 5.41) is 5.42. The third kappa shape index (κ3) is 6.83. The number of pyridine rings is 1. The summed E-state index contributed by atoms with van der Waals surface area (Å²) < 4.78 is 61.5. The van der Waals surface area contributed by atoms with E-state index in [1.54, 1.807) is 38.5 Å². The van der Waals surface area contributed by atoms with Crippen LogP contribution in [0.25, 0.3) is 11.3 Å². The van der Waals surface area contributed by atoms with Crippen LogP contribution in [0.3, 0.4) is 0 Å². The third-order valence-electron chi connectivity index (χ3n) is 7.14. The molecule has 2 aromatic carbocycles. The van der Waals surface area contributed by atoms with Crippen molar-refractivity contribution < 1.29 is 27.1 Å². The monoisotopic (exact) mass is 595 g/mol. The van der Waals surface area contributed by atoms with Gasteiger partial charge in [0.15, 0.2) is 0 Å². The summed E-state index contributed by atoms with van der Waals surface area (Å²) in [7, 11) is 5.42. The van der Waals surface area contributed by atoms with E-state index in [0.717, 1.165) is 43.8 Å². The molecule has 0 aliphatic carbocycles. The highest BCUT2D eigenvalue weighted by molar-refractivity contribution is 6.06. The van der Waals surface area contributed by atoms with Gasteiger partial charge in [0.25, 0.3) is 5.91 Å². The average molecular weight is 596 g/mol. The van der Waals surface area contributed by atoms with Gasteiger partial charge in [-0.2, -0.15) is 13.2 Å². The second kappa shape index (κ2) is 12.2. The number of nitrogens with one attached hydrogen (secondary N) is 2. The van der Waals surface area contributed by atoms with Crippen LogP contribution in [-0.4, -0.2) is 66.0 Å². The van der Waals surface area contributed by atoms with Crippen molar-refractivity contribution in [3.63, 3.8) is 0 Å². The molecule has 43 heavy (non-hydrogen) atoms. The molecule has 1 saturated heterocycles. The maximum absolute atomic E-state index is 14.7. The molecule has 1 amide bonds. The molecule has 4 aromatic rings. The molecular formula is C30H29F4N7O2. The number of rotatable bonds is 8. The maximum atomic E-state index is 14.7. The highest BCUT2D eigenvalue weighted by atomic mass is 19.4. The van der Waals surface area contributed by atoms with Crippen molar-refractivity contribution in [1.82, 2.24) is 19.9 Å². The normalized spacial score (nSPS) is 15.3. The lowest BCUT2D eigenvalue weighted by atomic mass is 10.1. The minimum absolute atomic E-state index is 0.0385. The van der Waals surface area contributed by atoms with Crippen LogP contribution < -0.4 is 20.3 Å². The fourth-order valence-electron chi connectivity index (χ4n) is 4.90. The van der Waals surface area contributed by atoms with E-state index in [4.69, 9.17) is 4.74 Å². The average Bonchev–Trinajstić information content (AvgIpc) is 3.42. The molecule has 0 bridgehead atoms. The van der Waals surface area contributed by atoms with E-state index in [2.05, 4.69) is 30.5 Å². The van der Waals surface area contributed by atoms with Crippen molar-refractivity contribution in [3.05, 3.63) is 83.9 Å². The summed E-state index contributed by atoms with van der Waals surface area (Å²) in [5.74, 6) is -1.16. The van der Waals surface area contributed by atoms with Gasteiger partial charge < -0.3 is 25.2 Å². The van der Waals surface area contributed by atoms with Crippen molar-refractivity contribution >= 4 is 23.2 Å². The molecule has 0 spiro atoms. The van der Waals surface area contributed by atoms with Gasteiger partial charge in [-0.3, -0.25) is 4.79 Å². The van der Waals surface area contributed by atoms with Gasteiger partial charge in [-0.05, 0) is 68.5 Å². The molecule has 224 valence electrons. The van der Waals surface area contributed by atoms with Crippen LogP contribution >= 0.6 is 0 Å². The molecule has 9 nitrogen and oxygen atoms in total. The van der Waals surface area contributed by atoms with E-state index in [-0.39, 0.29) is 28.9 Å². The number of anilines is 3. The molecule has 0 unspecified atom stereocenters. The van der Waals surface area contributed by atoms with Gasteiger partial charge in [-0.15, -0.1) is 0 Å². The van der Waals surface area contributed by atoms with Crippen LogP contribution in [0.4, 0.5) is 34.9 Å². The fourth-order valence-corrected chi connectivity index (χ4v) is 4.90. The summed E-state index contributed by atoms with van der Waals surface area (Å²) >= 11 is 0. The first-order chi connectivity index (χ1) is 20.5. The summed E-state index contributed by atoms with van der Waals surface area (Å²) in [4.78, 5) is 30.1. The standard InChI is InChI=1S/C30H29F4N7O2/c1-35-29-37-11-8-24(39-29)23-5-4-10-36-28(23)43-22-14-18(13-20(31)16-22)27(42)38-25-15-19(30(32,33)34)6-7-26(25)41(3)21-9-12-40(2)17-21/h4-8,10-11,13-16,21H,9,12,17H2,1-3H3,(H,38,42)(H,35,37,39)/t21-/m1/s1. The number of nitrogens with zero attached hydrogens (tertiary/aromatic N) is 5. The zero-order valence-electron chi connectivity index (χ0n) is 23.6. The molecule has 5 rings (SSSR count). The number of ether oxygens (including phenoxy) is 1. The van der Waals surface area contributed by atoms with Gasteiger partial charge in [-0.1, -0.05) is 0 Å². The van der Waals surface area contributed by atoms with E-state index in [0.29, 0.717) is 22.9 Å². The Hall–Kier alpha value is -4.78. The number of carbonyl (C=O) groups is 1. The summed E-state index contributed by atoms with van der Waals surface area (Å²) in [6.07, 6.45) is -0.769. The Kier molecular flexibility index (Phi) is 8.44. The Bertz CT molecular complexity index is 1630. The zero-order valence-corrected chi connectivity index (χ0v) is 23.6. The zero-order chi connectivity index (χ0) is 30.7. The summed E-state index contributed by atoms with van der Waals surface area (Å²) in [6.45, 7) is 1.56. The maximum Gasteiger partial charge on any atom is 0.416 e. The minimum Gasteiger partial charge on any atom is -0.438 e. The van der Waals surface area contributed by atoms with Gasteiger partial charge in [0.2, 0.25) is 11.8 Å². The Labute approximate surface area is 245 Å². The predicted octanol–water partition coefficient (Wildman–Crippen LogP) is 5.92. The van der Waals surface area contributed by atoms with Crippen LogP contribution in [0.2, 0.25) is 0 Å². The number of halogens is 4. The Morgan fingerprint density at radius 3 is 2.63 bits per heavy atom. The number of likely N-dealkylation sites (tertiary alicyclic amines) is 1. The van der Waals surface area contributed by atoms with Crippen molar-refractivity contribution in [2.24, 2.45) is 0 Å². The van der Waals surface area contributed by atoms with Crippen molar-refractivity contribution in [1.29, 1.82) is 0 Å². The third-order valence-corrected chi connectivity index (χ3v) is 7.14. The molecule has 0 saturated carbocycles. The van der Waals surface area contributed by atoms with Gasteiger partial charge in [0.05, 0.1) is 28.2 Å². The molecule has 1 atom stereocenters. The van der Waals surface area contributed by atoms with E-state index >= 15 is 0 Å². The van der Waals surface area contributed by atoms with Crippen LogP contribution in [0.1, 0.15) is 22.3 Å². The molecule has 3 heterocycles. The molecule has 13 heteroatoms. The second-order valence-electron chi connectivity index (χ2n) is 10.1. The number of carbonyl (C=O) groups excluding carboxylic acids is 1. The summed E-state index contributed by atoms with van der Waals surface area (Å²) in [5.41, 5.74) is 0.287. The van der Waals surface area contributed by atoms with Gasteiger partial charge >= 0.3 is 6.18 Å². The van der Waals surface area contributed by atoms with Gasteiger partial charge in [0, 0.05) is 50.7 Å². The molecular weight excluding hydrogens is 566 g/mol. The van der Waals surface area contributed by atoms with Crippen LogP contribution in [0.15, 0.2) is 67.0 Å². The highest BCUT2D eigenvalue weighted by Gasteiger charge is 2.33. The van der Waals surface area contributed by atoms with Crippen LogP contribution in [0, 0.1) is 5.82 Å². The summed E-state index contributed by atoms with van der Waals surface area (Å²) in [6, 6.07) is 11.6. The topological polar surface area (TPSA) is 95.5 Å². The number of benzene rings is 2. The Balaban J connectivity index is 1.44. The first-order valence-corrected chi connectivity index (χ1v) is 13.4. The lowest BCUT2D eigenvalue weighted by Gasteiger charge is -2.29. The van der Waals surface area contributed by atoms with Crippen molar-refractivity contribution in [3.8, 4) is 22.9 Å². The number of hydrogen-bond acceptors (Lipinski definition) is 8. The number of aromatic nitrogens is 3. The lowest BCUT2D eigenvalue weighted by Crippen LogP contribution is -2.34. The molecule has 2 aromatic heterocycles. The quantitative estimate of drug-likeness (QED) is 0.243. The minimum atomic E-state index is -4.62. The van der Waals surface area contributed by atoms with Gasteiger partial charge in [0.1, 0.15) is 11.6 Å². The van der Waals surface area contributed by atoms with E-state index < -0.39 is 23.5 Å². The first kappa shape index (κ1) is 29.7. The highest BCUT2D eigenvalue weighted by Crippen LogP contribution is 2.37. The molecule has 1 aliphatic rings. The molecule has 0 radical (unpaired) electrons. The van der Waals surface area contributed by atoms with Crippen LogP contribution in [-0.2, 0) is 6.18 Å². The number of likely N-dealkylation sites (N-methyl/N-ethyl adjacent to an activating group) is 2. The SMILES string of the molecule is CNc1nccc(-c2cccnc2Oc2cc(F)cc(C(=O)Nc3cc(C(F)(F)F)ccc3N(C)[C@@H]3CCN(C)C3)c2)n1. The predicted molar refractivity (Wildman–Crippen MR) is 155 cm³/mol. The van der Waals surface area contributed by atoms with E-state index in [9.17, 15) is 22.4 Å². The van der Waals surface area contributed by atoms with Crippen LogP contribution in [0.5, 0.6) is 11.6 Å². The Morgan fingerprint density at radius 1 is 1.09 bits per heavy atom. The van der Waals surface area contributed by atoms with E-state index in [1.807, 2.05) is 11.9 Å². The number of amides is 1. The molecule has 1 aliphatic heterocycles.